The second-order valence-electron chi connectivity index (χ2n) is 32.5. The van der Waals surface area contributed by atoms with E-state index >= 15 is 33.2 Å². The number of methoxy groups -OCH3 is 2. The van der Waals surface area contributed by atoms with Gasteiger partial charge < -0.3 is 98.0 Å². The molecule has 6 aliphatic rings. The lowest BCUT2D eigenvalue weighted by Gasteiger charge is -2.37. The predicted molar refractivity (Wildman–Crippen MR) is 430 cm³/mol. The lowest BCUT2D eigenvalue weighted by Crippen LogP contribution is -3.00. The van der Waals surface area contributed by atoms with Crippen LogP contribution in [0.1, 0.15) is 157 Å². The van der Waals surface area contributed by atoms with E-state index in [-0.39, 0.29) is 121 Å². The number of fused-ring (bicyclic) bond motifs is 16. The normalized spacial score (nSPS) is 24.3. The van der Waals surface area contributed by atoms with Crippen LogP contribution in [0.15, 0.2) is 97.2 Å². The van der Waals surface area contributed by atoms with E-state index in [0.717, 1.165) is 52.9 Å². The molecule has 636 valence electrons. The van der Waals surface area contributed by atoms with Gasteiger partial charge in [-0.3, -0.25) is 57.5 Å². The van der Waals surface area contributed by atoms with Crippen molar-refractivity contribution in [3.63, 3.8) is 0 Å². The van der Waals surface area contributed by atoms with Crippen LogP contribution >= 0.6 is 0 Å². The molecule has 29 nitrogen and oxygen atoms in total. The molecule has 4 aromatic carbocycles. The number of ether oxygens (including phenoxy) is 3. The van der Waals surface area contributed by atoms with Gasteiger partial charge in [0.25, 0.3) is 0 Å². The fraction of sp³-hybridized carbons (Fsp3) is 0.558. The van der Waals surface area contributed by atoms with E-state index in [1.54, 1.807) is 79.7 Å². The lowest BCUT2D eigenvalue weighted by atomic mass is 9.95. The average molecular weight is 1640 g/mol. The highest BCUT2D eigenvalue weighted by atomic mass is 35.5. The zero-order valence-corrected chi connectivity index (χ0v) is 69.2. The van der Waals surface area contributed by atoms with Crippen molar-refractivity contribution in [3.8, 4) is 5.75 Å². The Morgan fingerprint density at radius 3 is 2.13 bits per heavy atom. The first-order valence-corrected chi connectivity index (χ1v) is 41.0. The van der Waals surface area contributed by atoms with E-state index in [9.17, 15) is 33.9 Å². The number of ketones is 1. The van der Waals surface area contributed by atoms with Crippen molar-refractivity contribution in [2.24, 2.45) is 0 Å². The van der Waals surface area contributed by atoms with Crippen molar-refractivity contribution < 1.29 is 98.1 Å². The van der Waals surface area contributed by atoms with Gasteiger partial charge in [-0.2, -0.15) is 0 Å². The molecule has 11 rings (SSSR count). The number of carbonyl (C=O) groups excluding carboxylic acids is 12. The number of nitrogens with one attached hydrogen (secondary N) is 8. The first-order chi connectivity index (χ1) is 55.6. The minimum Gasteiger partial charge on any atom is -1.00 e. The third kappa shape index (κ3) is 25.3. The van der Waals surface area contributed by atoms with Crippen LogP contribution in [0.3, 0.4) is 0 Å². The maximum absolute atomic E-state index is 16.3. The number of amides is 11. The van der Waals surface area contributed by atoms with Crippen LogP contribution in [-0.2, 0) is 112 Å². The molecule has 2 fully saturated rings. The summed E-state index contributed by atoms with van der Waals surface area (Å²) in [6, 6.07) is 14.3. The molecule has 117 heavy (non-hydrogen) atoms. The standard InChI is InChI=1S/C86H116FN13O16.ClH/c1-55-78(106)91-67(31-28-64(102)20-11-10-14-43-100(4,5)44-17-45-114-6)79(107)92-68-48-60-18-15-19-61(46-60)51-89-74(104)54-116-72-36-42-98-77(72)82(110)95-76(56(2)101)81(109)94-69(47-58-25-29-65(115-7)30-26-58)84(112)99-41-16-37-86(99,3)85(113)88-38-35-57-21-23-59(24-22-57)52-97(75(105)34-33-73(103)90-55)40-13-9-8-12-39-96-53-62(49-70(83(98)111)93-80(68)108)66-50-63(87)27-32-71(66)96;/h15,18-19,21-27,29-30,32,46,50,53,55-56,67-70,72,76-77,101H,8-14,16-17,20,28,31,33-45,47-49,51-52,54H2,1-7H3,(H7-,88,89,90,91,92,93,94,95,103,104,106,107,108,109,110,113);1H/t55-,56+,67+,68-,69-,70-,72-,76-,77-,86-;/m0./s1. The summed E-state index contributed by atoms with van der Waals surface area (Å²) in [6.07, 6.45) is 3.75. The number of carbonyl (C=O) groups is 12. The average Bonchev–Trinajstić information content (AvgIpc) is 1.62. The Bertz CT molecular complexity index is 4320. The number of rotatable bonds is 17. The van der Waals surface area contributed by atoms with Gasteiger partial charge in [-0.1, -0.05) is 73.5 Å². The van der Waals surface area contributed by atoms with E-state index in [4.69, 9.17) is 14.2 Å². The lowest BCUT2D eigenvalue weighted by molar-refractivity contribution is -0.890. The number of hydrogen-bond donors (Lipinski definition) is 9. The van der Waals surface area contributed by atoms with Gasteiger partial charge in [0.2, 0.25) is 65.0 Å². The topological polar surface area (TPSA) is 364 Å². The Hall–Kier alpha value is -9.88. The first-order valence-electron chi connectivity index (χ1n) is 41.0. The molecule has 6 aliphatic heterocycles. The van der Waals surface area contributed by atoms with Crippen molar-refractivity contribution >= 4 is 81.7 Å². The summed E-state index contributed by atoms with van der Waals surface area (Å²) in [4.78, 5) is 183. The van der Waals surface area contributed by atoms with E-state index in [1.807, 2.05) is 28.8 Å². The molecule has 11 amide bonds. The summed E-state index contributed by atoms with van der Waals surface area (Å²) in [5, 5.41) is 34.6. The van der Waals surface area contributed by atoms with Crippen LogP contribution in [0.2, 0.25) is 0 Å². The minimum atomic E-state index is -1.85. The fourth-order valence-electron chi connectivity index (χ4n) is 16.3. The molecule has 12 bridgehead atoms. The van der Waals surface area contributed by atoms with Crippen molar-refractivity contribution in [3.05, 3.63) is 136 Å². The molecule has 5 aromatic rings. The molecule has 0 saturated carbocycles. The molecule has 7 heterocycles. The predicted octanol–water partition coefficient (Wildman–Crippen LogP) is 1.21. The summed E-state index contributed by atoms with van der Waals surface area (Å²) in [7, 11) is 7.45. The third-order valence-corrected chi connectivity index (χ3v) is 23.1. The maximum atomic E-state index is 16.3. The van der Waals surface area contributed by atoms with Crippen LogP contribution in [0, 0.1) is 5.82 Å². The molecule has 10 atom stereocenters. The van der Waals surface area contributed by atoms with Gasteiger partial charge in [0.05, 0.1) is 53.1 Å². The van der Waals surface area contributed by atoms with Crippen molar-refractivity contribution in [1.82, 2.24) is 61.8 Å². The minimum absolute atomic E-state index is 0. The SMILES string of the molecule is COCCC[N+](C)(C)CCCCCC(=O)CC[C@H]1NC(=O)[C@H](C)NC(=O)CCC(=O)N2CCCCCCn3cc(c4cc(F)ccc43)C[C@@H]3NC(=O)[C@H](Cc4cccc(c4)CNC(=O)CO[C@H]4CCN(C3=O)[C@@H]4C(=O)N[C@@H]([C@@H](C)O)C(=O)N[C@@H](Cc3ccc(OC)cc3)C(=O)N3CCC[C@@]3(C)C(=O)NCCc3ccc(cc3)C2)NC1=O.[Cl-]. The number of aliphatic hydroxyl groups is 1. The monoisotopic (exact) mass is 1640 g/mol. The molecule has 0 aliphatic carbocycles. The summed E-state index contributed by atoms with van der Waals surface area (Å²) in [5.74, 6) is -8.59. The summed E-state index contributed by atoms with van der Waals surface area (Å²) >= 11 is 0. The highest BCUT2D eigenvalue weighted by molar-refractivity contribution is 6.00. The summed E-state index contributed by atoms with van der Waals surface area (Å²) < 4.78 is 35.6. The highest BCUT2D eigenvalue weighted by Gasteiger charge is 2.50. The number of unbranched alkanes of at least 4 members (excludes halogenated alkanes) is 2. The first kappa shape index (κ1) is 91.0. The third-order valence-electron chi connectivity index (χ3n) is 23.1. The van der Waals surface area contributed by atoms with Crippen LogP contribution in [0.25, 0.3) is 10.9 Å². The van der Waals surface area contributed by atoms with Crippen molar-refractivity contribution in [1.29, 1.82) is 0 Å². The number of nitrogens with zero attached hydrogens (tertiary/aromatic N) is 5. The van der Waals surface area contributed by atoms with Gasteiger partial charge in [-0.15, -0.1) is 0 Å². The van der Waals surface area contributed by atoms with Crippen LogP contribution in [-0.4, -0.2) is 240 Å². The number of hydrogen-bond acceptors (Lipinski definition) is 16. The van der Waals surface area contributed by atoms with Crippen molar-refractivity contribution in [2.45, 2.75) is 229 Å². The van der Waals surface area contributed by atoms with Gasteiger partial charge in [-0.05, 0) is 149 Å². The zero-order valence-electron chi connectivity index (χ0n) is 68.4. The van der Waals surface area contributed by atoms with Gasteiger partial charge in [0, 0.05) is 121 Å². The smallest absolute Gasteiger partial charge is 0.246 e. The number of aliphatic hydroxyl groups excluding tert-OH is 1. The Kier molecular flexibility index (Phi) is 33.5. The number of benzene rings is 4. The molecule has 0 radical (unpaired) electrons. The Labute approximate surface area is 690 Å². The number of aromatic nitrogens is 1. The summed E-state index contributed by atoms with van der Waals surface area (Å²) in [6.45, 7) is 7.00. The number of aryl methyl sites for hydroxylation is 1. The van der Waals surface area contributed by atoms with Crippen LogP contribution in [0.4, 0.5) is 4.39 Å². The van der Waals surface area contributed by atoms with Gasteiger partial charge in [0.1, 0.15) is 71.8 Å². The van der Waals surface area contributed by atoms with Gasteiger partial charge in [-0.25, -0.2) is 4.39 Å². The Morgan fingerprint density at radius 2 is 1.38 bits per heavy atom. The molecular formula is C86H117ClFN13O16. The molecule has 31 heteroatoms. The fourth-order valence-corrected chi connectivity index (χ4v) is 16.3. The number of quaternary nitrogens is 1. The largest absolute Gasteiger partial charge is 1.00 e. The molecule has 2 saturated heterocycles. The number of Topliss-reactive ketones (excluding diaryl/α,β-unsaturated/α-hetero) is 1. The van der Waals surface area contributed by atoms with Gasteiger partial charge >= 0.3 is 0 Å². The van der Waals surface area contributed by atoms with Crippen LogP contribution in [0.5, 0.6) is 5.75 Å². The second kappa shape index (κ2) is 43.0. The quantitative estimate of drug-likeness (QED) is 0.0467. The Balaban J connectivity index is 0.0000156. The summed E-state index contributed by atoms with van der Waals surface area (Å²) in [5.41, 5.74) is 2.81. The van der Waals surface area contributed by atoms with E-state index in [2.05, 4.69) is 56.6 Å². The molecule has 9 N–H and O–H groups in total. The maximum Gasteiger partial charge on any atom is 0.246 e. The number of halogens is 2. The van der Waals surface area contributed by atoms with Crippen LogP contribution < -0.4 is 59.7 Å². The molecular weight excluding hydrogens is 1530 g/mol. The second-order valence-corrected chi connectivity index (χ2v) is 32.5. The highest BCUT2D eigenvalue weighted by Crippen LogP contribution is 2.33. The van der Waals surface area contributed by atoms with E-state index in [0.29, 0.717) is 104 Å². The van der Waals surface area contributed by atoms with Gasteiger partial charge in [0.15, 0.2) is 0 Å². The zero-order chi connectivity index (χ0) is 83.2. The molecule has 1 aromatic heterocycles. The van der Waals surface area contributed by atoms with E-state index < -0.39 is 132 Å². The molecule has 0 unspecified atom stereocenters. The van der Waals surface area contributed by atoms with Crippen molar-refractivity contribution in [2.75, 3.05) is 80.8 Å². The molecule has 0 spiro atoms. The van der Waals surface area contributed by atoms with E-state index in [1.165, 1.54) is 38.0 Å². The Morgan fingerprint density at radius 1 is 0.667 bits per heavy atom.